The summed E-state index contributed by atoms with van der Waals surface area (Å²) < 4.78 is 0. The Hall–Kier alpha value is -4.19. The molecule has 0 aliphatic carbocycles. The van der Waals surface area contributed by atoms with Gasteiger partial charge in [-0.05, 0) is 86.7 Å². The molecule has 6 nitrogen and oxygen atoms in total. The van der Waals surface area contributed by atoms with Crippen LogP contribution in [0.15, 0.2) is 85.0 Å². The second-order valence-corrected chi connectivity index (χ2v) is 8.61. The summed E-state index contributed by atoms with van der Waals surface area (Å²) in [7, 11) is 0. The first-order valence-corrected chi connectivity index (χ1v) is 11.6. The van der Waals surface area contributed by atoms with Crippen LogP contribution in [-0.4, -0.2) is 31.5 Å². The molecule has 0 atom stereocenters. The number of rotatable bonds is 8. The van der Waals surface area contributed by atoms with Crippen molar-refractivity contribution >= 4 is 22.4 Å². The van der Waals surface area contributed by atoms with E-state index in [0.29, 0.717) is 12.4 Å². The van der Waals surface area contributed by atoms with Crippen molar-refractivity contribution in [3.63, 3.8) is 0 Å². The predicted octanol–water partition coefficient (Wildman–Crippen LogP) is 6.51. The lowest BCUT2D eigenvalue weighted by Gasteiger charge is -2.12. The lowest BCUT2D eigenvalue weighted by atomic mass is 10.00. The first kappa shape index (κ1) is 24.0. The fraction of sp³-hybridized carbons (Fsp3) is 0.207. The minimum atomic E-state index is 0.630. The molecule has 0 saturated heterocycles. The summed E-state index contributed by atoms with van der Waals surface area (Å²) in [4.78, 5) is 22.6. The maximum Gasteiger partial charge on any atom is 0.154 e. The van der Waals surface area contributed by atoms with Crippen LogP contribution < -0.4 is 5.32 Å². The lowest BCUT2D eigenvalue weighted by Crippen LogP contribution is -2.08. The summed E-state index contributed by atoms with van der Waals surface area (Å²) in [6.07, 6.45) is 12.1. The van der Waals surface area contributed by atoms with Crippen LogP contribution in [0.4, 0.5) is 5.82 Å². The van der Waals surface area contributed by atoms with Crippen LogP contribution in [0, 0.1) is 13.8 Å². The summed E-state index contributed by atoms with van der Waals surface area (Å²) >= 11 is 0. The second-order valence-electron chi connectivity index (χ2n) is 8.61. The van der Waals surface area contributed by atoms with Crippen LogP contribution in [0.2, 0.25) is 0 Å². The molecule has 4 heterocycles. The van der Waals surface area contributed by atoms with E-state index in [2.05, 4.69) is 57.8 Å². The SMILES string of the molecule is C=CCC(=CC(C)=C(C)c1ccnc(C)c1)CNc1nccc2nc(-c3ccnc(C)c3)cnc12. The predicted molar refractivity (Wildman–Crippen MR) is 144 cm³/mol. The molecule has 0 amide bonds. The number of nitrogens with zero attached hydrogens (tertiary/aromatic N) is 5. The Labute approximate surface area is 206 Å². The average molecular weight is 463 g/mol. The Morgan fingerprint density at radius 2 is 1.69 bits per heavy atom. The van der Waals surface area contributed by atoms with Gasteiger partial charge in [-0.2, -0.15) is 0 Å². The highest BCUT2D eigenvalue weighted by Crippen LogP contribution is 2.24. The largest absolute Gasteiger partial charge is 0.364 e. The lowest BCUT2D eigenvalue weighted by molar-refractivity contribution is 1.09. The Morgan fingerprint density at radius 1 is 0.943 bits per heavy atom. The summed E-state index contributed by atoms with van der Waals surface area (Å²) in [5.41, 5.74) is 10.1. The van der Waals surface area contributed by atoms with Gasteiger partial charge in [0.1, 0.15) is 5.52 Å². The molecule has 0 saturated carbocycles. The summed E-state index contributed by atoms with van der Waals surface area (Å²) in [5, 5.41) is 3.46. The molecule has 4 aromatic heterocycles. The van der Waals surface area contributed by atoms with Gasteiger partial charge >= 0.3 is 0 Å². The van der Waals surface area contributed by atoms with Crippen molar-refractivity contribution in [3.05, 3.63) is 102 Å². The molecule has 0 unspecified atom stereocenters. The molecule has 6 heteroatoms. The van der Waals surface area contributed by atoms with Crippen molar-refractivity contribution < 1.29 is 0 Å². The summed E-state index contributed by atoms with van der Waals surface area (Å²) in [5.74, 6) is 0.713. The van der Waals surface area contributed by atoms with E-state index in [1.54, 1.807) is 18.6 Å². The van der Waals surface area contributed by atoms with Crippen LogP contribution in [0.5, 0.6) is 0 Å². The zero-order valence-electron chi connectivity index (χ0n) is 20.7. The van der Waals surface area contributed by atoms with Crippen molar-refractivity contribution in [1.29, 1.82) is 0 Å². The number of anilines is 1. The maximum absolute atomic E-state index is 4.81. The number of hydrogen-bond acceptors (Lipinski definition) is 6. The normalized spacial score (nSPS) is 12.4. The summed E-state index contributed by atoms with van der Waals surface area (Å²) in [6.45, 7) is 12.8. The summed E-state index contributed by atoms with van der Waals surface area (Å²) in [6, 6.07) is 10.00. The van der Waals surface area contributed by atoms with Gasteiger partial charge in [0.2, 0.25) is 0 Å². The van der Waals surface area contributed by atoms with Crippen LogP contribution in [0.1, 0.15) is 37.2 Å². The van der Waals surface area contributed by atoms with E-state index < -0.39 is 0 Å². The highest BCUT2D eigenvalue weighted by molar-refractivity contribution is 5.86. The van der Waals surface area contributed by atoms with Gasteiger partial charge in [0.15, 0.2) is 5.82 Å². The van der Waals surface area contributed by atoms with Gasteiger partial charge in [0, 0.05) is 42.1 Å². The number of pyridine rings is 3. The maximum atomic E-state index is 4.81. The zero-order chi connectivity index (χ0) is 24.8. The van der Waals surface area contributed by atoms with Crippen LogP contribution in [0.3, 0.4) is 0 Å². The number of nitrogens with one attached hydrogen (secondary N) is 1. The smallest absolute Gasteiger partial charge is 0.154 e. The first-order chi connectivity index (χ1) is 16.9. The van der Waals surface area contributed by atoms with Gasteiger partial charge in [0.25, 0.3) is 0 Å². The number of aryl methyl sites for hydroxylation is 2. The topological polar surface area (TPSA) is 76.5 Å². The molecule has 0 bridgehead atoms. The molecule has 0 aromatic carbocycles. The zero-order valence-corrected chi connectivity index (χ0v) is 20.7. The molecule has 0 aliphatic heterocycles. The number of allylic oxidation sites excluding steroid dienone is 4. The number of hydrogen-bond donors (Lipinski definition) is 1. The van der Waals surface area contributed by atoms with E-state index in [1.807, 2.05) is 50.4 Å². The Balaban J connectivity index is 1.58. The molecular weight excluding hydrogens is 432 g/mol. The first-order valence-electron chi connectivity index (χ1n) is 11.6. The third kappa shape index (κ3) is 5.84. The minimum absolute atomic E-state index is 0.630. The molecule has 4 rings (SSSR count). The molecule has 176 valence electrons. The Bertz CT molecular complexity index is 1430. The van der Waals surface area contributed by atoms with Gasteiger partial charge in [-0.25, -0.2) is 15.0 Å². The molecule has 0 aliphatic rings. The molecule has 35 heavy (non-hydrogen) atoms. The van der Waals surface area contributed by atoms with Gasteiger partial charge < -0.3 is 5.32 Å². The Kier molecular flexibility index (Phi) is 7.41. The number of fused-ring (bicyclic) bond motifs is 1. The third-order valence-corrected chi connectivity index (χ3v) is 5.88. The standard InChI is InChI=1S/C29H30N6/c1-6-7-23(14-19(2)22(5)24-8-11-30-20(3)15-24)17-34-29-28-26(10-13-32-29)35-27(18-33-28)25-9-12-31-21(4)16-25/h6,8-16,18H,1,7,17H2,2-5H3,(H,32,34). The average Bonchev–Trinajstić information content (AvgIpc) is 2.86. The van der Waals surface area contributed by atoms with Crippen molar-refractivity contribution in [2.75, 3.05) is 11.9 Å². The highest BCUT2D eigenvalue weighted by atomic mass is 15.0. The molecule has 0 fully saturated rings. The Morgan fingerprint density at radius 3 is 2.43 bits per heavy atom. The fourth-order valence-electron chi connectivity index (χ4n) is 3.90. The van der Waals surface area contributed by atoms with E-state index in [4.69, 9.17) is 4.98 Å². The van der Waals surface area contributed by atoms with Crippen molar-refractivity contribution in [1.82, 2.24) is 24.9 Å². The molecule has 0 spiro atoms. The van der Waals surface area contributed by atoms with E-state index in [0.717, 1.165) is 40.1 Å². The molecule has 0 radical (unpaired) electrons. The number of aromatic nitrogens is 5. The van der Waals surface area contributed by atoms with Crippen LogP contribution in [0.25, 0.3) is 27.9 Å². The van der Waals surface area contributed by atoms with E-state index >= 15 is 0 Å². The third-order valence-electron chi connectivity index (χ3n) is 5.88. The van der Waals surface area contributed by atoms with Gasteiger partial charge in [-0.3, -0.25) is 9.97 Å². The molecule has 1 N–H and O–H groups in total. The van der Waals surface area contributed by atoms with E-state index in [1.165, 1.54) is 22.3 Å². The molecular formula is C29H30N6. The van der Waals surface area contributed by atoms with Gasteiger partial charge in [-0.15, -0.1) is 6.58 Å². The van der Waals surface area contributed by atoms with Crippen molar-refractivity contribution in [2.24, 2.45) is 0 Å². The highest BCUT2D eigenvalue weighted by Gasteiger charge is 2.09. The monoisotopic (exact) mass is 462 g/mol. The second kappa shape index (κ2) is 10.8. The van der Waals surface area contributed by atoms with Gasteiger partial charge in [-0.1, -0.05) is 12.2 Å². The minimum Gasteiger partial charge on any atom is -0.364 e. The van der Waals surface area contributed by atoms with Crippen molar-refractivity contribution in [3.8, 4) is 11.3 Å². The van der Waals surface area contributed by atoms with Crippen LogP contribution >= 0.6 is 0 Å². The van der Waals surface area contributed by atoms with E-state index in [9.17, 15) is 0 Å². The van der Waals surface area contributed by atoms with Crippen LogP contribution in [-0.2, 0) is 0 Å². The van der Waals surface area contributed by atoms with E-state index in [-0.39, 0.29) is 0 Å². The quantitative estimate of drug-likeness (QED) is 0.238. The molecule has 4 aromatic rings. The fourth-order valence-corrected chi connectivity index (χ4v) is 3.90. The van der Waals surface area contributed by atoms with Crippen molar-refractivity contribution in [2.45, 2.75) is 34.1 Å². The van der Waals surface area contributed by atoms with Gasteiger partial charge in [0.05, 0.1) is 17.4 Å².